The molecule has 0 radical (unpaired) electrons. The van der Waals surface area contributed by atoms with E-state index in [0.717, 1.165) is 25.9 Å². The van der Waals surface area contributed by atoms with Crippen molar-refractivity contribution in [2.75, 3.05) is 26.2 Å². The Morgan fingerprint density at radius 3 is 1.95 bits per heavy atom. The molecule has 1 amide bonds. The summed E-state index contributed by atoms with van der Waals surface area (Å²) in [6.45, 7) is 10.6. The molecule has 1 aliphatic heterocycles. The molecule has 0 bridgehead atoms. The minimum absolute atomic E-state index is 0.0654. The quantitative estimate of drug-likeness (QED) is 0.726. The van der Waals surface area contributed by atoms with Crippen molar-refractivity contribution >= 4 is 11.9 Å². The van der Waals surface area contributed by atoms with Crippen LogP contribution in [0.15, 0.2) is 0 Å². The second-order valence-corrected chi connectivity index (χ2v) is 5.96. The molecular formula is C15H29N3O3. The van der Waals surface area contributed by atoms with Crippen molar-refractivity contribution in [2.24, 2.45) is 0 Å². The Hall–Kier alpha value is -1.14. The molecule has 1 aliphatic rings. The monoisotopic (exact) mass is 299 g/mol. The molecule has 1 rings (SSSR count). The molecule has 6 heteroatoms. The van der Waals surface area contributed by atoms with Gasteiger partial charge in [0.05, 0.1) is 6.04 Å². The van der Waals surface area contributed by atoms with Gasteiger partial charge in [0, 0.05) is 32.2 Å². The number of carboxylic acids is 1. The van der Waals surface area contributed by atoms with Crippen molar-refractivity contribution in [1.82, 2.24) is 15.1 Å². The van der Waals surface area contributed by atoms with Gasteiger partial charge in [0.25, 0.3) is 0 Å². The highest BCUT2D eigenvalue weighted by molar-refractivity contribution is 5.81. The Labute approximate surface area is 127 Å². The summed E-state index contributed by atoms with van der Waals surface area (Å²) in [5.74, 6) is -0.724. The van der Waals surface area contributed by atoms with E-state index in [1.54, 1.807) is 6.92 Å². The van der Waals surface area contributed by atoms with Crippen LogP contribution in [0, 0.1) is 0 Å². The molecule has 6 nitrogen and oxygen atoms in total. The number of carbonyl (C=O) groups excluding carboxylic acids is 1. The van der Waals surface area contributed by atoms with Gasteiger partial charge in [-0.1, -0.05) is 13.3 Å². The van der Waals surface area contributed by atoms with E-state index in [4.69, 9.17) is 5.11 Å². The van der Waals surface area contributed by atoms with Crippen molar-refractivity contribution in [3.63, 3.8) is 0 Å². The number of carboxylic acid groups (broad SMARTS) is 1. The Morgan fingerprint density at radius 2 is 1.52 bits per heavy atom. The zero-order chi connectivity index (χ0) is 16.0. The maximum Gasteiger partial charge on any atom is 0.320 e. The molecule has 0 saturated carbocycles. The largest absolute Gasteiger partial charge is 0.480 e. The minimum Gasteiger partial charge on any atom is -0.480 e. The average molecular weight is 299 g/mol. The van der Waals surface area contributed by atoms with Gasteiger partial charge in [0.1, 0.15) is 6.04 Å². The first-order chi connectivity index (χ1) is 9.86. The second-order valence-electron chi connectivity index (χ2n) is 5.96. The van der Waals surface area contributed by atoms with Crippen LogP contribution < -0.4 is 5.32 Å². The van der Waals surface area contributed by atoms with Crippen molar-refractivity contribution in [2.45, 2.75) is 58.7 Å². The summed E-state index contributed by atoms with van der Waals surface area (Å²) in [5.41, 5.74) is 0. The highest BCUT2D eigenvalue weighted by Gasteiger charge is 2.29. The molecule has 1 saturated heterocycles. The number of nitrogens with one attached hydrogen (secondary N) is 1. The molecule has 2 N–H and O–H groups in total. The summed E-state index contributed by atoms with van der Waals surface area (Å²) in [4.78, 5) is 27.2. The summed E-state index contributed by atoms with van der Waals surface area (Å²) in [7, 11) is 0. The molecule has 3 unspecified atom stereocenters. The third-order valence-electron chi connectivity index (χ3n) is 4.29. The Morgan fingerprint density at radius 1 is 1.05 bits per heavy atom. The van der Waals surface area contributed by atoms with Crippen LogP contribution in [0.5, 0.6) is 0 Å². The van der Waals surface area contributed by atoms with Crippen molar-refractivity contribution in [1.29, 1.82) is 0 Å². The Balaban J connectivity index is 2.42. The number of hydrogen-bond acceptors (Lipinski definition) is 4. The highest BCUT2D eigenvalue weighted by atomic mass is 16.4. The van der Waals surface area contributed by atoms with Crippen LogP contribution in [0.3, 0.4) is 0 Å². The lowest BCUT2D eigenvalue weighted by Crippen LogP contribution is -2.57. The van der Waals surface area contributed by atoms with Gasteiger partial charge in [-0.25, -0.2) is 0 Å². The molecule has 0 aromatic carbocycles. The van der Waals surface area contributed by atoms with Gasteiger partial charge in [-0.15, -0.1) is 0 Å². The van der Waals surface area contributed by atoms with E-state index < -0.39 is 12.0 Å². The molecule has 0 aliphatic carbocycles. The number of carbonyl (C=O) groups is 2. The van der Waals surface area contributed by atoms with Crippen molar-refractivity contribution in [3.05, 3.63) is 0 Å². The van der Waals surface area contributed by atoms with Gasteiger partial charge in [-0.3, -0.25) is 19.4 Å². The van der Waals surface area contributed by atoms with Gasteiger partial charge in [0.15, 0.2) is 0 Å². The summed E-state index contributed by atoms with van der Waals surface area (Å²) in [6.07, 6.45) is 2.05. The topological polar surface area (TPSA) is 72.9 Å². The molecule has 122 valence electrons. The molecule has 0 aromatic heterocycles. The number of amides is 1. The van der Waals surface area contributed by atoms with Gasteiger partial charge < -0.3 is 10.4 Å². The third kappa shape index (κ3) is 5.28. The summed E-state index contributed by atoms with van der Waals surface area (Å²) in [6, 6.07) is -0.411. The normalized spacial score (nSPS) is 21.5. The fourth-order valence-corrected chi connectivity index (χ4v) is 2.70. The van der Waals surface area contributed by atoms with Gasteiger partial charge in [-0.05, 0) is 27.2 Å². The van der Waals surface area contributed by atoms with Crippen LogP contribution >= 0.6 is 0 Å². The molecular weight excluding hydrogens is 270 g/mol. The summed E-state index contributed by atoms with van der Waals surface area (Å²) in [5, 5.41) is 12.1. The predicted molar refractivity (Wildman–Crippen MR) is 82.2 cm³/mol. The van der Waals surface area contributed by atoms with Crippen LogP contribution in [0.25, 0.3) is 0 Å². The number of aliphatic carboxylic acids is 1. The lowest BCUT2D eigenvalue weighted by molar-refractivity contribution is -0.144. The van der Waals surface area contributed by atoms with Crippen LogP contribution in [0.4, 0.5) is 0 Å². The Kier molecular flexibility index (Phi) is 7.11. The van der Waals surface area contributed by atoms with Gasteiger partial charge in [-0.2, -0.15) is 0 Å². The van der Waals surface area contributed by atoms with E-state index in [0.29, 0.717) is 13.1 Å². The highest BCUT2D eigenvalue weighted by Crippen LogP contribution is 2.10. The minimum atomic E-state index is -0.789. The SMILES string of the molecule is CCCC(C)NC(=O)C(C)N1CCN(C(C)C(=O)O)CC1. The van der Waals surface area contributed by atoms with E-state index in [-0.39, 0.29) is 18.0 Å². The van der Waals surface area contributed by atoms with E-state index in [9.17, 15) is 9.59 Å². The van der Waals surface area contributed by atoms with Crippen LogP contribution in [0.2, 0.25) is 0 Å². The third-order valence-corrected chi connectivity index (χ3v) is 4.29. The van der Waals surface area contributed by atoms with Crippen LogP contribution in [0.1, 0.15) is 40.5 Å². The van der Waals surface area contributed by atoms with Crippen LogP contribution in [-0.4, -0.2) is 71.1 Å². The molecule has 0 aromatic rings. The number of hydrogen-bond donors (Lipinski definition) is 2. The van der Waals surface area contributed by atoms with E-state index >= 15 is 0 Å². The average Bonchev–Trinajstić information content (AvgIpc) is 2.45. The maximum absolute atomic E-state index is 12.2. The first-order valence-electron chi connectivity index (χ1n) is 7.88. The number of rotatable bonds is 7. The second kappa shape index (κ2) is 8.34. The van der Waals surface area contributed by atoms with Crippen LogP contribution in [-0.2, 0) is 9.59 Å². The standard InChI is InChI=1S/C15H29N3O3/c1-5-6-11(2)16-14(19)12(3)17-7-9-18(10-8-17)13(4)15(20)21/h11-13H,5-10H2,1-4H3,(H,16,19)(H,20,21). The number of nitrogens with zero attached hydrogens (tertiary/aromatic N) is 2. The molecule has 0 spiro atoms. The fraction of sp³-hybridized carbons (Fsp3) is 0.867. The molecule has 3 atom stereocenters. The van der Waals surface area contributed by atoms with Crippen molar-refractivity contribution < 1.29 is 14.7 Å². The lowest BCUT2D eigenvalue weighted by atomic mass is 10.1. The maximum atomic E-state index is 12.2. The zero-order valence-electron chi connectivity index (χ0n) is 13.6. The van der Waals surface area contributed by atoms with E-state index in [2.05, 4.69) is 17.1 Å². The first kappa shape index (κ1) is 17.9. The number of piperazine rings is 1. The Bertz CT molecular complexity index is 354. The smallest absolute Gasteiger partial charge is 0.320 e. The molecule has 1 heterocycles. The van der Waals surface area contributed by atoms with E-state index in [1.165, 1.54) is 0 Å². The lowest BCUT2D eigenvalue weighted by Gasteiger charge is -2.39. The molecule has 1 fully saturated rings. The van der Waals surface area contributed by atoms with Gasteiger partial charge >= 0.3 is 5.97 Å². The van der Waals surface area contributed by atoms with Crippen molar-refractivity contribution in [3.8, 4) is 0 Å². The summed E-state index contributed by atoms with van der Waals surface area (Å²) >= 11 is 0. The van der Waals surface area contributed by atoms with E-state index in [1.807, 2.05) is 18.7 Å². The first-order valence-corrected chi connectivity index (χ1v) is 7.88. The van der Waals surface area contributed by atoms with Gasteiger partial charge in [0.2, 0.25) is 5.91 Å². The fourth-order valence-electron chi connectivity index (χ4n) is 2.70. The predicted octanol–water partition coefficient (Wildman–Crippen LogP) is 0.770. The summed E-state index contributed by atoms with van der Waals surface area (Å²) < 4.78 is 0. The zero-order valence-corrected chi connectivity index (χ0v) is 13.6. The molecule has 21 heavy (non-hydrogen) atoms.